The zero-order valence-corrected chi connectivity index (χ0v) is 20.7. The van der Waals surface area contributed by atoms with E-state index in [-0.39, 0.29) is 35.8 Å². The summed E-state index contributed by atoms with van der Waals surface area (Å²) in [7, 11) is -3.06. The Balaban J connectivity index is 0.00000392. The molecule has 1 heterocycles. The van der Waals surface area contributed by atoms with E-state index in [9.17, 15) is 8.42 Å². The van der Waals surface area contributed by atoms with E-state index in [2.05, 4.69) is 22.3 Å². The summed E-state index contributed by atoms with van der Waals surface area (Å²) in [6, 6.07) is 8.11. The van der Waals surface area contributed by atoms with Crippen LogP contribution in [0.15, 0.2) is 29.3 Å². The van der Waals surface area contributed by atoms with Crippen LogP contribution >= 0.6 is 24.0 Å². The van der Waals surface area contributed by atoms with Crippen molar-refractivity contribution in [1.82, 2.24) is 10.2 Å². The van der Waals surface area contributed by atoms with Crippen LogP contribution in [-0.2, 0) is 16.3 Å². The van der Waals surface area contributed by atoms with Gasteiger partial charge in [0, 0.05) is 26.2 Å². The average Bonchev–Trinajstić information content (AvgIpc) is 2.58. The number of nitrogens with zero attached hydrogens (tertiary/aromatic N) is 2. The Kier molecular flexibility index (Phi) is 9.52. The van der Waals surface area contributed by atoms with Gasteiger partial charge in [-0.25, -0.2) is 8.42 Å². The normalized spacial score (nSPS) is 18.5. The number of nitrogens with one attached hydrogen (secondary N) is 1. The van der Waals surface area contributed by atoms with E-state index in [4.69, 9.17) is 9.73 Å². The molecule has 0 saturated carbocycles. The SMILES string of the molecule is CCNC(=NCCc1ccc(OC(C)C)cc1)N1CCS(=O)(=O)C(C)(C)C1.I. The van der Waals surface area contributed by atoms with Crippen LogP contribution in [0.5, 0.6) is 5.75 Å². The lowest BCUT2D eigenvalue weighted by molar-refractivity contribution is 0.242. The smallest absolute Gasteiger partial charge is 0.194 e. The maximum Gasteiger partial charge on any atom is 0.194 e. The molecule has 1 aromatic carbocycles. The molecule has 0 amide bonds. The molecule has 0 radical (unpaired) electrons. The molecular formula is C20H34IN3O3S. The van der Waals surface area contributed by atoms with E-state index < -0.39 is 14.6 Å². The lowest BCUT2D eigenvalue weighted by Gasteiger charge is -2.39. The fourth-order valence-electron chi connectivity index (χ4n) is 3.05. The molecule has 160 valence electrons. The summed E-state index contributed by atoms with van der Waals surface area (Å²) < 4.78 is 29.4. The minimum atomic E-state index is -3.06. The summed E-state index contributed by atoms with van der Waals surface area (Å²) >= 11 is 0. The van der Waals surface area contributed by atoms with Crippen molar-refractivity contribution in [3.05, 3.63) is 29.8 Å². The van der Waals surface area contributed by atoms with Crippen LogP contribution in [0.4, 0.5) is 0 Å². The summed E-state index contributed by atoms with van der Waals surface area (Å²) in [4.78, 5) is 6.78. The molecule has 1 aromatic rings. The summed E-state index contributed by atoms with van der Waals surface area (Å²) in [6.07, 6.45) is 0.993. The number of aliphatic imine (C=N–C) groups is 1. The number of benzene rings is 1. The molecule has 28 heavy (non-hydrogen) atoms. The highest BCUT2D eigenvalue weighted by Gasteiger charge is 2.40. The summed E-state index contributed by atoms with van der Waals surface area (Å²) in [5.41, 5.74) is 1.20. The van der Waals surface area contributed by atoms with Gasteiger partial charge in [0.25, 0.3) is 0 Å². The van der Waals surface area contributed by atoms with Gasteiger partial charge in [0.2, 0.25) is 0 Å². The van der Waals surface area contributed by atoms with E-state index in [1.807, 2.05) is 32.9 Å². The van der Waals surface area contributed by atoms with E-state index in [0.717, 1.165) is 24.7 Å². The monoisotopic (exact) mass is 523 g/mol. The molecule has 0 aromatic heterocycles. The maximum absolute atomic E-state index is 12.2. The van der Waals surface area contributed by atoms with Gasteiger partial charge in [-0.2, -0.15) is 0 Å². The first-order valence-electron chi connectivity index (χ1n) is 9.66. The van der Waals surface area contributed by atoms with E-state index in [1.54, 1.807) is 13.8 Å². The van der Waals surface area contributed by atoms with Gasteiger partial charge < -0.3 is 15.0 Å². The quantitative estimate of drug-likeness (QED) is 0.353. The number of rotatable bonds is 6. The molecule has 0 bridgehead atoms. The zero-order chi connectivity index (χ0) is 20.1. The predicted molar refractivity (Wildman–Crippen MR) is 127 cm³/mol. The molecule has 1 N–H and O–H groups in total. The number of hydrogen-bond donors (Lipinski definition) is 1. The second-order valence-corrected chi connectivity index (χ2v) is 10.5. The van der Waals surface area contributed by atoms with Gasteiger partial charge in [-0.05, 0) is 58.7 Å². The minimum Gasteiger partial charge on any atom is -0.491 e. The Morgan fingerprint density at radius 3 is 2.46 bits per heavy atom. The molecule has 0 atom stereocenters. The molecule has 1 aliphatic rings. The molecular weight excluding hydrogens is 489 g/mol. The van der Waals surface area contributed by atoms with Gasteiger partial charge in [-0.3, -0.25) is 4.99 Å². The van der Waals surface area contributed by atoms with Gasteiger partial charge in [-0.15, -0.1) is 24.0 Å². The zero-order valence-electron chi connectivity index (χ0n) is 17.6. The highest BCUT2D eigenvalue weighted by Crippen LogP contribution is 2.23. The number of ether oxygens (including phenoxy) is 1. The van der Waals surface area contributed by atoms with Crippen molar-refractivity contribution in [2.24, 2.45) is 4.99 Å². The first kappa shape index (κ1) is 25.0. The third kappa shape index (κ3) is 6.79. The molecule has 2 rings (SSSR count). The van der Waals surface area contributed by atoms with Crippen molar-refractivity contribution in [3.63, 3.8) is 0 Å². The Hall–Kier alpha value is -1.03. The Morgan fingerprint density at radius 2 is 1.93 bits per heavy atom. The van der Waals surface area contributed by atoms with Gasteiger partial charge in [0.15, 0.2) is 15.8 Å². The molecule has 1 fully saturated rings. The fourth-order valence-corrected chi connectivity index (χ4v) is 4.41. The number of guanidine groups is 1. The Morgan fingerprint density at radius 1 is 1.29 bits per heavy atom. The molecule has 8 heteroatoms. The second-order valence-electron chi connectivity index (χ2n) is 7.80. The van der Waals surface area contributed by atoms with Gasteiger partial charge in [0.05, 0.1) is 16.6 Å². The highest BCUT2D eigenvalue weighted by atomic mass is 127. The summed E-state index contributed by atoms with van der Waals surface area (Å²) in [6.45, 7) is 12.0. The van der Waals surface area contributed by atoms with E-state index in [1.165, 1.54) is 5.56 Å². The lowest BCUT2D eigenvalue weighted by Crippen LogP contribution is -2.57. The molecule has 0 unspecified atom stereocenters. The summed E-state index contributed by atoms with van der Waals surface area (Å²) in [5.74, 6) is 1.84. The van der Waals surface area contributed by atoms with Crippen molar-refractivity contribution in [3.8, 4) is 5.75 Å². The van der Waals surface area contributed by atoms with Crippen LogP contribution in [0, 0.1) is 0 Å². The van der Waals surface area contributed by atoms with Crippen LogP contribution in [0.2, 0.25) is 0 Å². The number of sulfone groups is 1. The van der Waals surface area contributed by atoms with Gasteiger partial charge in [0.1, 0.15) is 5.75 Å². The minimum absolute atomic E-state index is 0. The topological polar surface area (TPSA) is 71.0 Å². The van der Waals surface area contributed by atoms with Crippen LogP contribution in [-0.4, -0.2) is 62.1 Å². The molecule has 0 aliphatic carbocycles. The van der Waals surface area contributed by atoms with Crippen LogP contribution < -0.4 is 10.1 Å². The Bertz CT molecular complexity index is 746. The van der Waals surface area contributed by atoms with E-state index >= 15 is 0 Å². The maximum atomic E-state index is 12.2. The van der Waals surface area contributed by atoms with Crippen LogP contribution in [0.25, 0.3) is 0 Å². The standard InChI is InChI=1S/C20H33N3O3S.HI/c1-6-21-19(23-13-14-27(24,25)20(4,5)15-23)22-12-11-17-7-9-18(10-8-17)26-16(2)3;/h7-10,16H,6,11-15H2,1-5H3,(H,21,22);1H. The van der Waals surface area contributed by atoms with Crippen LogP contribution in [0.3, 0.4) is 0 Å². The van der Waals surface area contributed by atoms with Gasteiger partial charge in [-0.1, -0.05) is 12.1 Å². The first-order valence-corrected chi connectivity index (χ1v) is 11.3. The Labute approximate surface area is 187 Å². The van der Waals surface area contributed by atoms with Crippen LogP contribution in [0.1, 0.15) is 40.2 Å². The molecule has 0 spiro atoms. The predicted octanol–water partition coefficient (Wildman–Crippen LogP) is 3.11. The van der Waals surface area contributed by atoms with Crippen molar-refractivity contribution < 1.29 is 13.2 Å². The average molecular weight is 523 g/mol. The number of halogens is 1. The molecule has 1 saturated heterocycles. The third-order valence-corrected chi connectivity index (χ3v) is 7.17. The molecule has 1 aliphatic heterocycles. The molecule has 6 nitrogen and oxygen atoms in total. The highest BCUT2D eigenvalue weighted by molar-refractivity contribution is 14.0. The largest absolute Gasteiger partial charge is 0.491 e. The van der Waals surface area contributed by atoms with E-state index in [0.29, 0.717) is 19.6 Å². The van der Waals surface area contributed by atoms with Crippen molar-refractivity contribution >= 4 is 39.8 Å². The third-order valence-electron chi connectivity index (χ3n) is 4.64. The van der Waals surface area contributed by atoms with Crippen molar-refractivity contribution in [2.75, 3.05) is 31.9 Å². The lowest BCUT2D eigenvalue weighted by atomic mass is 10.1. The first-order chi connectivity index (χ1) is 12.6. The second kappa shape index (κ2) is 10.7. The van der Waals surface area contributed by atoms with Gasteiger partial charge >= 0.3 is 0 Å². The van der Waals surface area contributed by atoms with Crippen molar-refractivity contribution in [2.45, 2.75) is 51.9 Å². The van der Waals surface area contributed by atoms with Crippen molar-refractivity contribution in [1.29, 1.82) is 0 Å². The summed E-state index contributed by atoms with van der Waals surface area (Å²) in [5, 5.41) is 3.30. The number of hydrogen-bond acceptors (Lipinski definition) is 4. The fraction of sp³-hybridized carbons (Fsp3) is 0.650.